The van der Waals surface area contributed by atoms with Gasteiger partial charge in [-0.25, -0.2) is 4.39 Å². The Bertz CT molecular complexity index is 352. The minimum Gasteiger partial charge on any atom is -0.481 e. The van der Waals surface area contributed by atoms with E-state index in [4.69, 9.17) is 5.11 Å². The van der Waals surface area contributed by atoms with Gasteiger partial charge in [-0.1, -0.05) is 22.0 Å². The highest BCUT2D eigenvalue weighted by molar-refractivity contribution is 9.09. The Hall–Kier alpha value is -0.900. The van der Waals surface area contributed by atoms with Crippen molar-refractivity contribution in [1.82, 2.24) is 0 Å². The highest BCUT2D eigenvalue weighted by Crippen LogP contribution is 2.15. The van der Waals surface area contributed by atoms with Crippen LogP contribution >= 0.6 is 15.9 Å². The van der Waals surface area contributed by atoms with E-state index in [1.165, 1.54) is 12.1 Å². The number of benzene rings is 1. The summed E-state index contributed by atoms with van der Waals surface area (Å²) in [6, 6.07) is 4.54. The lowest BCUT2D eigenvalue weighted by Crippen LogP contribution is -2.01. The standard InChI is InChI=1S/C11H12BrFO2/c12-6-5-8-1-3-10(13)7-9(8)2-4-11(14)15/h1,3,7H,2,4-6H2,(H,14,15). The Balaban J connectivity index is 2.81. The van der Waals surface area contributed by atoms with E-state index in [0.29, 0.717) is 6.42 Å². The summed E-state index contributed by atoms with van der Waals surface area (Å²) < 4.78 is 13.0. The molecule has 0 saturated carbocycles. The van der Waals surface area contributed by atoms with Gasteiger partial charge in [0.2, 0.25) is 0 Å². The molecule has 1 N–H and O–H groups in total. The molecule has 0 aliphatic rings. The Morgan fingerprint density at radius 1 is 1.33 bits per heavy atom. The summed E-state index contributed by atoms with van der Waals surface area (Å²) in [5.41, 5.74) is 1.80. The van der Waals surface area contributed by atoms with Gasteiger partial charge in [0.25, 0.3) is 0 Å². The van der Waals surface area contributed by atoms with Crippen LogP contribution in [0.1, 0.15) is 17.5 Å². The predicted octanol–water partition coefficient (Wildman–Crippen LogP) is 2.78. The molecule has 0 radical (unpaired) electrons. The molecule has 0 unspecified atom stereocenters. The molecule has 0 amide bonds. The van der Waals surface area contributed by atoms with Crippen LogP contribution in [-0.4, -0.2) is 16.4 Å². The molecule has 0 atom stereocenters. The summed E-state index contributed by atoms with van der Waals surface area (Å²) in [7, 11) is 0. The Morgan fingerprint density at radius 3 is 2.67 bits per heavy atom. The van der Waals surface area contributed by atoms with Gasteiger partial charge in [0.1, 0.15) is 5.82 Å². The molecular weight excluding hydrogens is 263 g/mol. The van der Waals surface area contributed by atoms with Crippen LogP contribution in [0.4, 0.5) is 4.39 Å². The Morgan fingerprint density at radius 2 is 2.07 bits per heavy atom. The van der Waals surface area contributed by atoms with Crippen LogP contribution in [0, 0.1) is 5.82 Å². The van der Waals surface area contributed by atoms with Gasteiger partial charge in [-0.05, 0) is 36.1 Å². The van der Waals surface area contributed by atoms with Gasteiger partial charge in [0.15, 0.2) is 0 Å². The fourth-order valence-electron chi connectivity index (χ4n) is 1.41. The first-order valence-corrected chi connectivity index (χ1v) is 5.80. The SMILES string of the molecule is O=C(O)CCc1cc(F)ccc1CCBr. The van der Waals surface area contributed by atoms with Crippen LogP contribution in [-0.2, 0) is 17.6 Å². The maximum Gasteiger partial charge on any atom is 0.303 e. The number of rotatable bonds is 5. The zero-order chi connectivity index (χ0) is 11.3. The molecule has 0 spiro atoms. The quantitative estimate of drug-likeness (QED) is 0.839. The maximum absolute atomic E-state index is 13.0. The highest BCUT2D eigenvalue weighted by atomic mass is 79.9. The lowest BCUT2D eigenvalue weighted by molar-refractivity contribution is -0.136. The number of aryl methyl sites for hydroxylation is 2. The fourth-order valence-corrected chi connectivity index (χ4v) is 1.84. The van der Waals surface area contributed by atoms with Crippen molar-refractivity contribution in [3.8, 4) is 0 Å². The third-order valence-corrected chi connectivity index (χ3v) is 2.54. The highest BCUT2D eigenvalue weighted by Gasteiger charge is 2.06. The van der Waals surface area contributed by atoms with E-state index in [-0.39, 0.29) is 12.2 Å². The van der Waals surface area contributed by atoms with Crippen molar-refractivity contribution in [3.05, 3.63) is 35.1 Å². The van der Waals surface area contributed by atoms with Crippen LogP contribution in [0.3, 0.4) is 0 Å². The predicted molar refractivity (Wildman–Crippen MR) is 59.9 cm³/mol. The van der Waals surface area contributed by atoms with Crippen molar-refractivity contribution >= 4 is 21.9 Å². The molecule has 1 aromatic rings. The molecule has 2 nitrogen and oxygen atoms in total. The third kappa shape index (κ3) is 4.00. The topological polar surface area (TPSA) is 37.3 Å². The van der Waals surface area contributed by atoms with Crippen LogP contribution in [0.2, 0.25) is 0 Å². The number of carboxylic acids is 1. The number of carboxylic acid groups (broad SMARTS) is 1. The number of carbonyl (C=O) groups is 1. The second-order valence-electron chi connectivity index (χ2n) is 3.25. The van der Waals surface area contributed by atoms with Crippen molar-refractivity contribution < 1.29 is 14.3 Å². The second-order valence-corrected chi connectivity index (χ2v) is 4.04. The van der Waals surface area contributed by atoms with Gasteiger partial charge < -0.3 is 5.11 Å². The molecular formula is C11H12BrFO2. The van der Waals surface area contributed by atoms with Crippen LogP contribution in [0.5, 0.6) is 0 Å². The summed E-state index contributed by atoms with van der Waals surface area (Å²) in [5.74, 6) is -1.17. The number of hydrogen-bond acceptors (Lipinski definition) is 1. The molecule has 4 heteroatoms. The van der Waals surface area contributed by atoms with Crippen molar-refractivity contribution in [1.29, 1.82) is 0 Å². The molecule has 0 bridgehead atoms. The van der Waals surface area contributed by atoms with Crippen LogP contribution < -0.4 is 0 Å². The van der Waals surface area contributed by atoms with E-state index < -0.39 is 5.97 Å². The van der Waals surface area contributed by atoms with E-state index in [9.17, 15) is 9.18 Å². The third-order valence-electron chi connectivity index (χ3n) is 2.14. The lowest BCUT2D eigenvalue weighted by atomic mass is 10.0. The average molecular weight is 275 g/mol. The van der Waals surface area contributed by atoms with Gasteiger partial charge in [0.05, 0.1) is 0 Å². The first-order valence-electron chi connectivity index (χ1n) is 4.68. The van der Waals surface area contributed by atoms with Gasteiger partial charge in [-0.2, -0.15) is 0 Å². The number of hydrogen-bond donors (Lipinski definition) is 1. The summed E-state index contributed by atoms with van der Waals surface area (Å²) in [6.07, 6.45) is 1.21. The van der Waals surface area contributed by atoms with E-state index in [0.717, 1.165) is 22.9 Å². The fraction of sp³-hybridized carbons (Fsp3) is 0.364. The summed E-state index contributed by atoms with van der Waals surface area (Å²) >= 11 is 3.31. The molecule has 0 aromatic heterocycles. The monoisotopic (exact) mass is 274 g/mol. The number of alkyl halides is 1. The molecule has 15 heavy (non-hydrogen) atoms. The minimum atomic E-state index is -0.857. The summed E-state index contributed by atoms with van der Waals surface area (Å²) in [5, 5.41) is 9.35. The summed E-state index contributed by atoms with van der Waals surface area (Å²) in [4.78, 5) is 10.4. The van der Waals surface area contributed by atoms with Gasteiger partial charge in [0, 0.05) is 11.8 Å². The first-order chi connectivity index (χ1) is 7.13. The van der Waals surface area contributed by atoms with Crippen LogP contribution in [0.25, 0.3) is 0 Å². The van der Waals surface area contributed by atoms with Crippen LogP contribution in [0.15, 0.2) is 18.2 Å². The molecule has 0 saturated heterocycles. The van der Waals surface area contributed by atoms with E-state index in [2.05, 4.69) is 15.9 Å². The molecule has 1 rings (SSSR count). The zero-order valence-electron chi connectivity index (χ0n) is 8.17. The first kappa shape index (κ1) is 12.2. The zero-order valence-corrected chi connectivity index (χ0v) is 9.76. The molecule has 0 heterocycles. The van der Waals surface area contributed by atoms with E-state index in [1.54, 1.807) is 6.07 Å². The normalized spacial score (nSPS) is 10.3. The molecule has 82 valence electrons. The van der Waals surface area contributed by atoms with Crippen molar-refractivity contribution in [2.24, 2.45) is 0 Å². The van der Waals surface area contributed by atoms with Gasteiger partial charge in [-0.15, -0.1) is 0 Å². The van der Waals surface area contributed by atoms with Gasteiger partial charge in [-0.3, -0.25) is 4.79 Å². The minimum absolute atomic E-state index is 0.0404. The van der Waals surface area contributed by atoms with E-state index in [1.807, 2.05) is 0 Å². The number of aliphatic carboxylic acids is 1. The van der Waals surface area contributed by atoms with Crippen molar-refractivity contribution in [2.75, 3.05) is 5.33 Å². The smallest absolute Gasteiger partial charge is 0.303 e. The largest absolute Gasteiger partial charge is 0.481 e. The number of halogens is 2. The molecule has 1 aromatic carbocycles. The Kier molecular flexibility index (Phi) is 4.75. The second kappa shape index (κ2) is 5.85. The van der Waals surface area contributed by atoms with E-state index >= 15 is 0 Å². The lowest BCUT2D eigenvalue weighted by Gasteiger charge is -2.07. The molecule has 0 aliphatic carbocycles. The van der Waals surface area contributed by atoms with Crippen molar-refractivity contribution in [3.63, 3.8) is 0 Å². The molecule has 0 aliphatic heterocycles. The van der Waals surface area contributed by atoms with Crippen molar-refractivity contribution in [2.45, 2.75) is 19.3 Å². The summed E-state index contributed by atoms with van der Waals surface area (Å²) in [6.45, 7) is 0. The average Bonchev–Trinajstić information content (AvgIpc) is 2.18. The molecule has 0 fully saturated rings. The Labute approximate surface area is 96.2 Å². The maximum atomic E-state index is 13.0. The van der Waals surface area contributed by atoms with Gasteiger partial charge >= 0.3 is 5.97 Å².